The van der Waals surface area contributed by atoms with E-state index in [-0.39, 0.29) is 18.6 Å². The van der Waals surface area contributed by atoms with Gasteiger partial charge in [-0.25, -0.2) is 8.78 Å². The van der Waals surface area contributed by atoms with Crippen LogP contribution in [0.15, 0.2) is 29.3 Å². The molecule has 0 bridgehead atoms. The molecule has 0 radical (unpaired) electrons. The van der Waals surface area contributed by atoms with Gasteiger partial charge < -0.3 is 15.5 Å². The van der Waals surface area contributed by atoms with Crippen molar-refractivity contribution in [3.63, 3.8) is 0 Å². The third-order valence-electron chi connectivity index (χ3n) is 4.97. The molecule has 1 aliphatic rings. The standard InChI is InChI=1S/C20H32ClF2N5/c1-4-24-20(26-17-9-11-28(12-10-17)14-19(22)23)25-13-18(27(2)3)15-5-7-16(21)8-6-15/h5-8,17-19H,4,9-14H2,1-3H3,(H2,24,25,26). The normalized spacial score (nSPS) is 17.9. The van der Waals surface area contributed by atoms with Crippen molar-refractivity contribution in [1.82, 2.24) is 20.4 Å². The van der Waals surface area contributed by atoms with Gasteiger partial charge in [-0.05, 0) is 51.6 Å². The quantitative estimate of drug-likeness (QED) is 0.505. The van der Waals surface area contributed by atoms with Gasteiger partial charge in [0.2, 0.25) is 0 Å². The lowest BCUT2D eigenvalue weighted by Gasteiger charge is -2.33. The monoisotopic (exact) mass is 415 g/mol. The molecule has 1 unspecified atom stereocenters. The Bertz CT molecular complexity index is 601. The molecule has 1 heterocycles. The van der Waals surface area contributed by atoms with E-state index in [0.29, 0.717) is 19.6 Å². The van der Waals surface area contributed by atoms with E-state index in [4.69, 9.17) is 16.6 Å². The Morgan fingerprint density at radius 1 is 1.25 bits per heavy atom. The van der Waals surface area contributed by atoms with Crippen molar-refractivity contribution in [3.8, 4) is 0 Å². The summed E-state index contributed by atoms with van der Waals surface area (Å²) >= 11 is 6.00. The molecule has 2 N–H and O–H groups in total. The highest BCUT2D eigenvalue weighted by Gasteiger charge is 2.22. The summed E-state index contributed by atoms with van der Waals surface area (Å²) in [5.74, 6) is 0.774. The molecule has 158 valence electrons. The van der Waals surface area contributed by atoms with Crippen LogP contribution >= 0.6 is 11.6 Å². The molecule has 0 amide bonds. The van der Waals surface area contributed by atoms with Crippen LogP contribution in [0.3, 0.4) is 0 Å². The van der Waals surface area contributed by atoms with Gasteiger partial charge in [0.1, 0.15) is 0 Å². The minimum absolute atomic E-state index is 0.132. The molecule has 8 heteroatoms. The highest BCUT2D eigenvalue weighted by molar-refractivity contribution is 6.30. The van der Waals surface area contributed by atoms with Gasteiger partial charge in [0.05, 0.1) is 19.1 Å². The summed E-state index contributed by atoms with van der Waals surface area (Å²) < 4.78 is 25.1. The maximum atomic E-state index is 12.5. The number of piperidine rings is 1. The number of hydrogen-bond acceptors (Lipinski definition) is 3. The molecular formula is C20H32ClF2N5. The fourth-order valence-corrected chi connectivity index (χ4v) is 3.52. The van der Waals surface area contributed by atoms with Gasteiger partial charge in [-0.3, -0.25) is 9.89 Å². The number of guanidine groups is 1. The molecule has 0 aromatic heterocycles. The van der Waals surface area contributed by atoms with Gasteiger partial charge in [0, 0.05) is 30.7 Å². The van der Waals surface area contributed by atoms with Crippen LogP contribution in [0, 0.1) is 0 Å². The smallest absolute Gasteiger partial charge is 0.251 e. The van der Waals surface area contributed by atoms with Crippen LogP contribution in [0.4, 0.5) is 8.78 Å². The SMILES string of the molecule is CCNC(=NCC(c1ccc(Cl)cc1)N(C)C)NC1CCN(CC(F)F)CC1. The number of rotatable bonds is 8. The van der Waals surface area contributed by atoms with Crippen molar-refractivity contribution >= 4 is 17.6 Å². The van der Waals surface area contributed by atoms with E-state index in [2.05, 4.69) is 15.5 Å². The molecule has 1 atom stereocenters. The molecule has 0 saturated carbocycles. The minimum Gasteiger partial charge on any atom is -0.357 e. The summed E-state index contributed by atoms with van der Waals surface area (Å²) in [7, 11) is 4.07. The van der Waals surface area contributed by atoms with E-state index < -0.39 is 6.43 Å². The van der Waals surface area contributed by atoms with Crippen molar-refractivity contribution in [1.29, 1.82) is 0 Å². The first-order valence-corrected chi connectivity index (χ1v) is 10.2. The first-order chi connectivity index (χ1) is 13.4. The number of halogens is 3. The number of likely N-dealkylation sites (N-methyl/N-ethyl adjacent to an activating group) is 1. The molecule has 2 rings (SSSR count). The number of aliphatic imine (C=N–C) groups is 1. The van der Waals surface area contributed by atoms with E-state index in [1.54, 1.807) is 0 Å². The first-order valence-electron chi connectivity index (χ1n) is 9.86. The number of nitrogens with zero attached hydrogens (tertiary/aromatic N) is 3. The third-order valence-corrected chi connectivity index (χ3v) is 5.22. The van der Waals surface area contributed by atoms with Crippen molar-refractivity contribution in [2.24, 2.45) is 4.99 Å². The minimum atomic E-state index is -2.26. The molecule has 0 spiro atoms. The van der Waals surface area contributed by atoms with E-state index in [0.717, 1.165) is 35.9 Å². The summed E-state index contributed by atoms with van der Waals surface area (Å²) in [6, 6.07) is 8.24. The molecule has 1 aliphatic heterocycles. The second kappa shape index (κ2) is 11.5. The van der Waals surface area contributed by atoms with Crippen molar-refractivity contribution in [3.05, 3.63) is 34.9 Å². The summed E-state index contributed by atoms with van der Waals surface area (Å²) in [6.07, 6.45) is -0.587. The molecule has 1 aromatic rings. The van der Waals surface area contributed by atoms with E-state index in [1.165, 1.54) is 0 Å². The number of alkyl halides is 2. The number of hydrogen-bond donors (Lipinski definition) is 2. The Labute approximate surface area is 172 Å². The van der Waals surface area contributed by atoms with E-state index in [9.17, 15) is 8.78 Å². The number of benzene rings is 1. The first kappa shape index (κ1) is 22.8. The van der Waals surface area contributed by atoms with Gasteiger partial charge in [0.15, 0.2) is 5.96 Å². The Balaban J connectivity index is 1.96. The lowest BCUT2D eigenvalue weighted by Crippen LogP contribution is -2.49. The Morgan fingerprint density at radius 3 is 2.43 bits per heavy atom. The number of likely N-dealkylation sites (tertiary alicyclic amines) is 1. The topological polar surface area (TPSA) is 42.9 Å². The predicted molar refractivity (Wildman–Crippen MR) is 112 cm³/mol. The Morgan fingerprint density at radius 2 is 1.89 bits per heavy atom. The maximum Gasteiger partial charge on any atom is 0.251 e. The van der Waals surface area contributed by atoms with Gasteiger partial charge in [0.25, 0.3) is 6.43 Å². The fourth-order valence-electron chi connectivity index (χ4n) is 3.40. The average Bonchev–Trinajstić information content (AvgIpc) is 2.64. The summed E-state index contributed by atoms with van der Waals surface area (Å²) in [5, 5.41) is 7.48. The van der Waals surface area contributed by atoms with Crippen molar-refractivity contribution in [2.45, 2.75) is 38.3 Å². The molecule has 1 saturated heterocycles. The summed E-state index contributed by atoms with van der Waals surface area (Å²) in [6.45, 7) is 4.65. The molecule has 1 fully saturated rings. The van der Waals surface area contributed by atoms with Crippen LogP contribution in [-0.4, -0.2) is 75.0 Å². The highest BCUT2D eigenvalue weighted by Crippen LogP contribution is 2.21. The van der Waals surface area contributed by atoms with Crippen LogP contribution in [0.5, 0.6) is 0 Å². The Kier molecular flexibility index (Phi) is 9.41. The largest absolute Gasteiger partial charge is 0.357 e. The lowest BCUT2D eigenvalue weighted by atomic mass is 10.1. The Hall–Kier alpha value is -1.44. The summed E-state index contributed by atoms with van der Waals surface area (Å²) in [4.78, 5) is 8.75. The van der Waals surface area contributed by atoms with Crippen LogP contribution in [0.2, 0.25) is 5.02 Å². The van der Waals surface area contributed by atoms with Crippen LogP contribution in [-0.2, 0) is 0 Å². The van der Waals surface area contributed by atoms with Gasteiger partial charge in [-0.2, -0.15) is 0 Å². The average molecular weight is 416 g/mol. The molecule has 5 nitrogen and oxygen atoms in total. The zero-order valence-electron chi connectivity index (χ0n) is 17.0. The fraction of sp³-hybridized carbons (Fsp3) is 0.650. The second-order valence-corrected chi connectivity index (χ2v) is 7.80. The van der Waals surface area contributed by atoms with E-state index in [1.807, 2.05) is 50.2 Å². The van der Waals surface area contributed by atoms with Crippen LogP contribution in [0.1, 0.15) is 31.4 Å². The second-order valence-electron chi connectivity index (χ2n) is 7.36. The lowest BCUT2D eigenvalue weighted by molar-refractivity contribution is 0.0744. The zero-order chi connectivity index (χ0) is 20.5. The van der Waals surface area contributed by atoms with E-state index >= 15 is 0 Å². The van der Waals surface area contributed by atoms with Gasteiger partial charge in [-0.1, -0.05) is 23.7 Å². The van der Waals surface area contributed by atoms with Crippen molar-refractivity contribution in [2.75, 3.05) is 46.8 Å². The van der Waals surface area contributed by atoms with Gasteiger partial charge in [-0.15, -0.1) is 0 Å². The molecule has 1 aromatic carbocycles. The van der Waals surface area contributed by atoms with Crippen LogP contribution in [0.25, 0.3) is 0 Å². The number of nitrogens with one attached hydrogen (secondary N) is 2. The third kappa shape index (κ3) is 7.53. The zero-order valence-corrected chi connectivity index (χ0v) is 17.7. The summed E-state index contributed by atoms with van der Waals surface area (Å²) in [5.41, 5.74) is 1.16. The molecular weight excluding hydrogens is 384 g/mol. The van der Waals surface area contributed by atoms with Gasteiger partial charge >= 0.3 is 0 Å². The predicted octanol–water partition coefficient (Wildman–Crippen LogP) is 3.23. The van der Waals surface area contributed by atoms with Crippen LogP contribution < -0.4 is 10.6 Å². The van der Waals surface area contributed by atoms with Crippen molar-refractivity contribution < 1.29 is 8.78 Å². The molecule has 28 heavy (non-hydrogen) atoms. The molecule has 0 aliphatic carbocycles. The highest BCUT2D eigenvalue weighted by atomic mass is 35.5. The maximum absolute atomic E-state index is 12.5.